The molecule has 6 nitrogen and oxygen atoms in total. The molecule has 2 aromatic rings. The Morgan fingerprint density at radius 2 is 1.77 bits per heavy atom. The molecule has 0 spiro atoms. The number of hydrogen-bond acceptors (Lipinski definition) is 3. The van der Waals surface area contributed by atoms with Crippen molar-refractivity contribution in [1.29, 1.82) is 0 Å². The number of morpholine rings is 1. The maximum Gasteiger partial charge on any atom is 0.319 e. The normalized spacial score (nSPS) is 14.0. The lowest BCUT2D eigenvalue weighted by molar-refractivity contribution is 0.0302. The van der Waals surface area contributed by atoms with Gasteiger partial charge in [0.1, 0.15) is 0 Å². The Morgan fingerprint density at radius 3 is 2.50 bits per heavy atom. The van der Waals surface area contributed by atoms with Crippen molar-refractivity contribution >= 4 is 17.6 Å². The Morgan fingerprint density at radius 1 is 1.04 bits per heavy atom. The first-order valence-electron chi connectivity index (χ1n) is 8.70. The van der Waals surface area contributed by atoms with Crippen LogP contribution in [-0.2, 0) is 11.3 Å². The van der Waals surface area contributed by atoms with Gasteiger partial charge in [0.2, 0.25) is 0 Å². The molecule has 2 aromatic carbocycles. The molecule has 1 fully saturated rings. The van der Waals surface area contributed by atoms with Gasteiger partial charge in [-0.3, -0.25) is 4.79 Å². The van der Waals surface area contributed by atoms with Crippen molar-refractivity contribution in [3.8, 4) is 0 Å². The van der Waals surface area contributed by atoms with Gasteiger partial charge in [-0.05, 0) is 30.2 Å². The molecule has 2 N–H and O–H groups in total. The lowest BCUT2D eigenvalue weighted by atomic mass is 10.1. The average molecular weight is 353 g/mol. The highest BCUT2D eigenvalue weighted by atomic mass is 16.5. The molecule has 0 atom stereocenters. The highest BCUT2D eigenvalue weighted by molar-refractivity contribution is 5.99. The number of ether oxygens (including phenoxy) is 1. The van der Waals surface area contributed by atoms with Gasteiger partial charge in [-0.15, -0.1) is 0 Å². The molecular formula is C20H23N3O3. The summed E-state index contributed by atoms with van der Waals surface area (Å²) >= 11 is 0. The van der Waals surface area contributed by atoms with E-state index in [1.807, 2.05) is 37.3 Å². The number of nitrogens with zero attached hydrogens (tertiary/aromatic N) is 1. The van der Waals surface area contributed by atoms with Crippen molar-refractivity contribution < 1.29 is 14.3 Å². The van der Waals surface area contributed by atoms with Crippen LogP contribution < -0.4 is 10.6 Å². The first kappa shape index (κ1) is 17.9. The molecule has 3 amide bonds. The van der Waals surface area contributed by atoms with Crippen molar-refractivity contribution in [2.75, 3.05) is 31.6 Å². The number of hydrogen-bond donors (Lipinski definition) is 2. The summed E-state index contributed by atoms with van der Waals surface area (Å²) in [6, 6.07) is 14.8. The topological polar surface area (TPSA) is 70.7 Å². The summed E-state index contributed by atoms with van der Waals surface area (Å²) in [5, 5.41) is 5.66. The Hall–Kier alpha value is -2.86. The number of urea groups is 1. The molecule has 6 heteroatoms. The van der Waals surface area contributed by atoms with Gasteiger partial charge in [0, 0.05) is 30.9 Å². The third-order valence-electron chi connectivity index (χ3n) is 4.41. The van der Waals surface area contributed by atoms with E-state index in [2.05, 4.69) is 10.6 Å². The molecule has 3 rings (SSSR count). The van der Waals surface area contributed by atoms with Gasteiger partial charge in [0.05, 0.1) is 13.2 Å². The smallest absolute Gasteiger partial charge is 0.319 e. The lowest BCUT2D eigenvalue weighted by Crippen LogP contribution is -2.41. The molecule has 0 aliphatic carbocycles. The minimum atomic E-state index is -0.298. The Bertz CT molecular complexity index is 771. The van der Waals surface area contributed by atoms with Crippen LogP contribution in [0, 0.1) is 6.92 Å². The van der Waals surface area contributed by atoms with E-state index in [4.69, 9.17) is 4.74 Å². The van der Waals surface area contributed by atoms with Crippen LogP contribution in [-0.4, -0.2) is 43.1 Å². The van der Waals surface area contributed by atoms with Gasteiger partial charge in [-0.25, -0.2) is 4.79 Å². The molecule has 0 unspecified atom stereocenters. The second kappa shape index (κ2) is 8.49. The van der Waals surface area contributed by atoms with Crippen LogP contribution in [0.1, 0.15) is 21.5 Å². The Balaban J connectivity index is 1.64. The third kappa shape index (κ3) is 4.40. The first-order chi connectivity index (χ1) is 12.6. The van der Waals surface area contributed by atoms with Crippen LogP contribution in [0.2, 0.25) is 0 Å². The second-order valence-corrected chi connectivity index (χ2v) is 6.18. The monoisotopic (exact) mass is 353 g/mol. The molecule has 1 aliphatic rings. The maximum absolute atomic E-state index is 12.7. The number of amides is 3. The number of benzene rings is 2. The van der Waals surface area contributed by atoms with Gasteiger partial charge in [0.15, 0.2) is 0 Å². The van der Waals surface area contributed by atoms with Gasteiger partial charge < -0.3 is 20.3 Å². The largest absolute Gasteiger partial charge is 0.378 e. The van der Waals surface area contributed by atoms with E-state index in [-0.39, 0.29) is 11.9 Å². The number of nitrogens with one attached hydrogen (secondary N) is 2. The molecule has 0 saturated carbocycles. The summed E-state index contributed by atoms with van der Waals surface area (Å²) in [5.74, 6) is -0.0286. The highest BCUT2D eigenvalue weighted by Crippen LogP contribution is 2.21. The number of anilines is 1. The molecule has 0 bridgehead atoms. The fourth-order valence-electron chi connectivity index (χ4n) is 2.88. The third-order valence-corrected chi connectivity index (χ3v) is 4.41. The summed E-state index contributed by atoms with van der Waals surface area (Å²) < 4.78 is 5.30. The molecule has 1 saturated heterocycles. The average Bonchev–Trinajstić information content (AvgIpc) is 2.69. The molecule has 0 aromatic heterocycles. The fraction of sp³-hybridized carbons (Fsp3) is 0.300. The van der Waals surface area contributed by atoms with Crippen LogP contribution in [0.3, 0.4) is 0 Å². The van der Waals surface area contributed by atoms with Crippen molar-refractivity contribution in [2.45, 2.75) is 13.5 Å². The number of rotatable bonds is 4. The minimum Gasteiger partial charge on any atom is -0.378 e. The van der Waals surface area contributed by atoms with Gasteiger partial charge in [-0.1, -0.05) is 36.4 Å². The second-order valence-electron chi connectivity index (χ2n) is 6.18. The quantitative estimate of drug-likeness (QED) is 0.888. The van der Waals surface area contributed by atoms with Crippen molar-refractivity contribution in [3.05, 3.63) is 65.2 Å². The zero-order chi connectivity index (χ0) is 18.4. The Labute approximate surface area is 153 Å². The van der Waals surface area contributed by atoms with Crippen LogP contribution >= 0.6 is 0 Å². The predicted molar refractivity (Wildman–Crippen MR) is 100 cm³/mol. The van der Waals surface area contributed by atoms with Crippen molar-refractivity contribution in [1.82, 2.24) is 10.2 Å². The summed E-state index contributed by atoms with van der Waals surface area (Å²) in [4.78, 5) is 26.7. The van der Waals surface area contributed by atoms with E-state index in [9.17, 15) is 9.59 Å². The first-order valence-corrected chi connectivity index (χ1v) is 8.70. The summed E-state index contributed by atoms with van der Waals surface area (Å²) in [5.41, 5.74) is 3.02. The fourth-order valence-corrected chi connectivity index (χ4v) is 2.88. The van der Waals surface area contributed by atoms with Crippen LogP contribution in [0.4, 0.5) is 10.5 Å². The molecular weight excluding hydrogens is 330 g/mol. The van der Waals surface area contributed by atoms with Crippen LogP contribution in [0.15, 0.2) is 48.5 Å². The molecule has 26 heavy (non-hydrogen) atoms. The van der Waals surface area contributed by atoms with Crippen molar-refractivity contribution in [3.63, 3.8) is 0 Å². The SMILES string of the molecule is Cc1c(NC(=O)NCc2ccccc2)cccc1C(=O)N1CCOCC1. The summed E-state index contributed by atoms with van der Waals surface area (Å²) in [6.07, 6.45) is 0. The minimum absolute atomic E-state index is 0.0286. The standard InChI is InChI=1S/C20H23N3O3/c1-15-17(19(24)23-10-12-26-13-11-23)8-5-9-18(15)22-20(25)21-14-16-6-3-2-4-7-16/h2-9H,10-14H2,1H3,(H2,21,22,25). The van der Waals surface area contributed by atoms with E-state index in [0.717, 1.165) is 11.1 Å². The van der Waals surface area contributed by atoms with E-state index in [0.29, 0.717) is 44.1 Å². The van der Waals surface area contributed by atoms with E-state index >= 15 is 0 Å². The number of carbonyl (C=O) groups is 2. The van der Waals surface area contributed by atoms with Gasteiger partial charge >= 0.3 is 6.03 Å². The van der Waals surface area contributed by atoms with Crippen molar-refractivity contribution in [2.24, 2.45) is 0 Å². The van der Waals surface area contributed by atoms with Crippen LogP contribution in [0.25, 0.3) is 0 Å². The highest BCUT2D eigenvalue weighted by Gasteiger charge is 2.21. The zero-order valence-corrected chi connectivity index (χ0v) is 14.8. The summed E-state index contributed by atoms with van der Waals surface area (Å²) in [6.45, 7) is 4.59. The van der Waals surface area contributed by atoms with E-state index < -0.39 is 0 Å². The molecule has 0 radical (unpaired) electrons. The maximum atomic E-state index is 12.7. The van der Waals surface area contributed by atoms with Crippen LogP contribution in [0.5, 0.6) is 0 Å². The van der Waals surface area contributed by atoms with Gasteiger partial charge in [0.25, 0.3) is 5.91 Å². The molecule has 136 valence electrons. The predicted octanol–water partition coefficient (Wildman–Crippen LogP) is 2.79. The van der Waals surface area contributed by atoms with Gasteiger partial charge in [-0.2, -0.15) is 0 Å². The molecule has 1 heterocycles. The lowest BCUT2D eigenvalue weighted by Gasteiger charge is -2.27. The van der Waals surface area contributed by atoms with E-state index in [1.165, 1.54) is 0 Å². The zero-order valence-electron chi connectivity index (χ0n) is 14.8. The van der Waals surface area contributed by atoms with E-state index in [1.54, 1.807) is 23.1 Å². The molecule has 1 aliphatic heterocycles. The Kier molecular flexibility index (Phi) is 5.86. The number of carbonyl (C=O) groups excluding carboxylic acids is 2. The summed E-state index contributed by atoms with van der Waals surface area (Å²) in [7, 11) is 0.